The molecule has 0 saturated heterocycles. The van der Waals surface area contributed by atoms with E-state index in [9.17, 15) is 4.79 Å². The first-order chi connectivity index (χ1) is 8.97. The van der Waals surface area contributed by atoms with Gasteiger partial charge in [-0.25, -0.2) is 0 Å². The van der Waals surface area contributed by atoms with Crippen LogP contribution in [0.1, 0.15) is 27.2 Å². The van der Waals surface area contributed by atoms with Crippen LogP contribution in [-0.4, -0.2) is 21.3 Å². The third kappa shape index (κ3) is 3.26. The van der Waals surface area contributed by atoms with Crippen molar-refractivity contribution in [3.8, 4) is 0 Å². The molecule has 2 aromatic rings. The Labute approximate surface area is 118 Å². The Kier molecular flexibility index (Phi) is 4.10. The van der Waals surface area contributed by atoms with E-state index in [4.69, 9.17) is 0 Å². The second kappa shape index (κ2) is 5.61. The quantitative estimate of drug-likeness (QED) is 0.633. The Bertz CT molecular complexity index is 617. The molecule has 1 heterocycles. The predicted octanol–water partition coefficient (Wildman–Crippen LogP) is 3.32. The van der Waals surface area contributed by atoms with Gasteiger partial charge in [0.25, 0.3) is 0 Å². The van der Waals surface area contributed by atoms with E-state index in [1.807, 2.05) is 56.8 Å². The molecular formula is C15H18N2OS. The maximum Gasteiger partial charge on any atom is 0.173 e. The van der Waals surface area contributed by atoms with Crippen molar-refractivity contribution in [3.63, 3.8) is 0 Å². The van der Waals surface area contributed by atoms with Crippen molar-refractivity contribution < 1.29 is 4.79 Å². The molecule has 1 aromatic heterocycles. The second-order valence-corrected chi connectivity index (χ2v) is 5.77. The number of hydrogen-bond acceptors (Lipinski definition) is 3. The van der Waals surface area contributed by atoms with Gasteiger partial charge in [-0.2, -0.15) is 5.10 Å². The molecule has 0 bridgehead atoms. The number of Topliss-reactive ketones (excluding diaryl/α,β-unsaturated/α-hetero) is 1. The maximum atomic E-state index is 12.3. The normalized spacial score (nSPS) is 10.7. The average molecular weight is 274 g/mol. The third-order valence-corrected chi connectivity index (χ3v) is 4.09. The van der Waals surface area contributed by atoms with Gasteiger partial charge in [0.1, 0.15) is 0 Å². The molecule has 0 atom stereocenters. The van der Waals surface area contributed by atoms with Gasteiger partial charge < -0.3 is 0 Å². The minimum absolute atomic E-state index is 0.171. The summed E-state index contributed by atoms with van der Waals surface area (Å²) in [6.45, 7) is 5.94. The van der Waals surface area contributed by atoms with Gasteiger partial charge >= 0.3 is 0 Å². The highest BCUT2D eigenvalue weighted by atomic mass is 32.2. The molecule has 4 heteroatoms. The number of ketones is 1. The second-order valence-electron chi connectivity index (χ2n) is 4.78. The van der Waals surface area contributed by atoms with E-state index in [-0.39, 0.29) is 5.78 Å². The molecule has 2 rings (SSSR count). The van der Waals surface area contributed by atoms with E-state index < -0.39 is 0 Å². The minimum atomic E-state index is 0.171. The standard InChI is InChI=1S/C15H18N2OS/c1-10-5-6-11(2)13(7-10)14(18)9-19-15-8-12(3)16-17(15)4/h5-8H,9H2,1-4H3. The predicted molar refractivity (Wildman–Crippen MR) is 78.9 cm³/mol. The number of thioether (sulfide) groups is 1. The van der Waals surface area contributed by atoms with Gasteiger partial charge in [-0.1, -0.05) is 29.5 Å². The van der Waals surface area contributed by atoms with Crippen molar-refractivity contribution in [2.75, 3.05) is 5.75 Å². The molecule has 0 N–H and O–H groups in total. The Balaban J connectivity index is 2.09. The van der Waals surface area contributed by atoms with Gasteiger partial charge in [-0.05, 0) is 38.5 Å². The van der Waals surface area contributed by atoms with Gasteiger partial charge in [-0.15, -0.1) is 0 Å². The summed E-state index contributed by atoms with van der Waals surface area (Å²) in [6.07, 6.45) is 0. The number of carbonyl (C=O) groups is 1. The molecule has 0 amide bonds. The summed E-state index contributed by atoms with van der Waals surface area (Å²) >= 11 is 1.54. The van der Waals surface area contributed by atoms with Crippen molar-refractivity contribution in [2.45, 2.75) is 25.8 Å². The summed E-state index contributed by atoms with van der Waals surface area (Å²) in [5, 5.41) is 5.30. The highest BCUT2D eigenvalue weighted by Crippen LogP contribution is 2.21. The van der Waals surface area contributed by atoms with Gasteiger partial charge in [0.15, 0.2) is 5.78 Å². The van der Waals surface area contributed by atoms with E-state index in [0.717, 1.165) is 27.4 Å². The van der Waals surface area contributed by atoms with E-state index >= 15 is 0 Å². The van der Waals surface area contributed by atoms with Crippen LogP contribution in [0.5, 0.6) is 0 Å². The van der Waals surface area contributed by atoms with Gasteiger partial charge in [0.05, 0.1) is 16.5 Å². The zero-order valence-corrected chi connectivity index (χ0v) is 12.5. The van der Waals surface area contributed by atoms with Crippen molar-refractivity contribution in [2.24, 2.45) is 7.05 Å². The molecule has 3 nitrogen and oxygen atoms in total. The lowest BCUT2D eigenvalue weighted by Gasteiger charge is -2.06. The lowest BCUT2D eigenvalue weighted by atomic mass is 10.0. The smallest absolute Gasteiger partial charge is 0.173 e. The first-order valence-corrected chi connectivity index (χ1v) is 7.20. The van der Waals surface area contributed by atoms with Crippen molar-refractivity contribution in [3.05, 3.63) is 46.6 Å². The maximum absolute atomic E-state index is 12.3. The van der Waals surface area contributed by atoms with Gasteiger partial charge in [0.2, 0.25) is 0 Å². The average Bonchev–Trinajstić information content (AvgIpc) is 2.68. The molecule has 0 aliphatic rings. The number of rotatable bonds is 4. The molecule has 0 aliphatic carbocycles. The highest BCUT2D eigenvalue weighted by molar-refractivity contribution is 7.99. The highest BCUT2D eigenvalue weighted by Gasteiger charge is 2.11. The third-order valence-electron chi connectivity index (χ3n) is 3.00. The lowest BCUT2D eigenvalue weighted by molar-refractivity contribution is 0.102. The first kappa shape index (κ1) is 13.9. The molecule has 0 aliphatic heterocycles. The van der Waals surface area contributed by atoms with E-state index in [0.29, 0.717) is 5.75 Å². The van der Waals surface area contributed by atoms with Crippen molar-refractivity contribution in [1.29, 1.82) is 0 Å². The molecule has 0 saturated carbocycles. The summed E-state index contributed by atoms with van der Waals surface area (Å²) in [6, 6.07) is 8.00. The van der Waals surface area contributed by atoms with E-state index in [2.05, 4.69) is 5.10 Å². The summed E-state index contributed by atoms with van der Waals surface area (Å²) in [5.41, 5.74) is 3.96. The van der Waals surface area contributed by atoms with Crippen LogP contribution in [0.3, 0.4) is 0 Å². The van der Waals surface area contributed by atoms with Crippen LogP contribution < -0.4 is 0 Å². The molecular weight excluding hydrogens is 256 g/mol. The number of aromatic nitrogens is 2. The summed E-state index contributed by atoms with van der Waals surface area (Å²) < 4.78 is 1.82. The van der Waals surface area contributed by atoms with E-state index in [1.54, 1.807) is 0 Å². The van der Waals surface area contributed by atoms with Crippen LogP contribution in [0.4, 0.5) is 0 Å². The first-order valence-electron chi connectivity index (χ1n) is 6.21. The molecule has 100 valence electrons. The zero-order valence-electron chi connectivity index (χ0n) is 11.7. The van der Waals surface area contributed by atoms with Crippen LogP contribution in [0.2, 0.25) is 0 Å². The Hall–Kier alpha value is -1.55. The Morgan fingerprint density at radius 3 is 2.63 bits per heavy atom. The van der Waals surface area contributed by atoms with Crippen molar-refractivity contribution >= 4 is 17.5 Å². The summed E-state index contributed by atoms with van der Waals surface area (Å²) in [5.74, 6) is 0.619. The van der Waals surface area contributed by atoms with Crippen LogP contribution in [0.15, 0.2) is 29.3 Å². The fourth-order valence-corrected chi connectivity index (χ4v) is 2.89. The molecule has 1 aromatic carbocycles. The molecule has 0 spiro atoms. The van der Waals surface area contributed by atoms with Crippen LogP contribution in [0.25, 0.3) is 0 Å². The van der Waals surface area contributed by atoms with Crippen LogP contribution >= 0.6 is 11.8 Å². The molecule has 0 radical (unpaired) electrons. The minimum Gasteiger partial charge on any atom is -0.293 e. The van der Waals surface area contributed by atoms with Gasteiger partial charge in [0, 0.05) is 12.6 Å². The zero-order chi connectivity index (χ0) is 14.0. The Morgan fingerprint density at radius 2 is 2.00 bits per heavy atom. The molecule has 0 fully saturated rings. The summed E-state index contributed by atoms with van der Waals surface area (Å²) in [4.78, 5) is 12.3. The number of aryl methyl sites for hydroxylation is 4. The van der Waals surface area contributed by atoms with Crippen molar-refractivity contribution in [1.82, 2.24) is 9.78 Å². The Morgan fingerprint density at radius 1 is 1.26 bits per heavy atom. The lowest BCUT2D eigenvalue weighted by Crippen LogP contribution is -2.06. The number of carbonyl (C=O) groups excluding carboxylic acids is 1. The fraction of sp³-hybridized carbons (Fsp3) is 0.333. The molecule has 19 heavy (non-hydrogen) atoms. The van der Waals surface area contributed by atoms with Gasteiger partial charge in [-0.3, -0.25) is 9.48 Å². The topological polar surface area (TPSA) is 34.9 Å². The van der Waals surface area contributed by atoms with Crippen LogP contribution in [-0.2, 0) is 7.05 Å². The number of hydrogen-bond donors (Lipinski definition) is 0. The number of nitrogens with zero attached hydrogens (tertiary/aromatic N) is 2. The number of benzene rings is 1. The molecule has 0 unspecified atom stereocenters. The largest absolute Gasteiger partial charge is 0.293 e. The van der Waals surface area contributed by atoms with Crippen LogP contribution in [0, 0.1) is 20.8 Å². The monoisotopic (exact) mass is 274 g/mol. The SMILES string of the molecule is Cc1ccc(C)c(C(=O)CSc2cc(C)nn2C)c1. The fourth-order valence-electron chi connectivity index (χ4n) is 1.98. The van der Waals surface area contributed by atoms with E-state index in [1.165, 1.54) is 11.8 Å². The summed E-state index contributed by atoms with van der Waals surface area (Å²) in [7, 11) is 1.90.